The minimum Gasteiger partial charge on any atom is -0.279 e. The van der Waals surface area contributed by atoms with Crippen molar-refractivity contribution in [2.24, 2.45) is 5.10 Å². The number of nitro benzene ring substituents is 1. The molecule has 0 aliphatic rings. The average molecular weight is 256 g/mol. The second kappa shape index (κ2) is 6.25. The number of hydrogen-bond acceptors (Lipinski definition) is 5. The van der Waals surface area contributed by atoms with E-state index in [1.54, 1.807) is 30.7 Å². The van der Waals surface area contributed by atoms with Crippen molar-refractivity contribution in [1.29, 1.82) is 0 Å². The molecule has 0 radical (unpaired) electrons. The molecule has 0 saturated heterocycles. The van der Waals surface area contributed by atoms with E-state index in [0.29, 0.717) is 12.1 Å². The maximum absolute atomic E-state index is 10.5. The van der Waals surface area contributed by atoms with Gasteiger partial charge in [-0.2, -0.15) is 5.10 Å². The van der Waals surface area contributed by atoms with Gasteiger partial charge >= 0.3 is 0 Å². The number of nitrogens with one attached hydrogen (secondary N) is 1. The fraction of sp³-hybridized carbons (Fsp3) is 0.0769. The number of hydrogen-bond donors (Lipinski definition) is 1. The molecule has 0 saturated carbocycles. The standard InChI is InChI=1S/C13H12N4O2/c18-17(19)13-5-3-12(4-6-13)16-15-9-7-11-2-1-8-14-10-11/h1-6,8-10,16H,7H2. The van der Waals surface area contributed by atoms with Crippen molar-refractivity contribution in [2.45, 2.75) is 6.42 Å². The van der Waals surface area contributed by atoms with Crippen LogP contribution in [0.4, 0.5) is 11.4 Å². The Hall–Kier alpha value is -2.76. The molecule has 19 heavy (non-hydrogen) atoms. The summed E-state index contributed by atoms with van der Waals surface area (Å²) in [7, 11) is 0. The van der Waals surface area contributed by atoms with E-state index in [-0.39, 0.29) is 5.69 Å². The SMILES string of the molecule is O=[N+]([O-])c1ccc(NN=CCc2cccnc2)cc1. The van der Waals surface area contributed by atoms with Crippen LogP contribution in [0.2, 0.25) is 0 Å². The van der Waals surface area contributed by atoms with Crippen LogP contribution in [0.25, 0.3) is 0 Å². The largest absolute Gasteiger partial charge is 0.279 e. The molecule has 1 heterocycles. The molecule has 2 aromatic rings. The number of hydrazone groups is 1. The number of rotatable bonds is 5. The van der Waals surface area contributed by atoms with Gasteiger partial charge in [0.05, 0.1) is 10.6 Å². The van der Waals surface area contributed by atoms with E-state index in [4.69, 9.17) is 0 Å². The van der Waals surface area contributed by atoms with Gasteiger partial charge in [-0.15, -0.1) is 0 Å². The predicted octanol–water partition coefficient (Wildman–Crippen LogP) is 2.63. The summed E-state index contributed by atoms with van der Waals surface area (Å²) in [6.45, 7) is 0. The number of aromatic nitrogens is 1. The topological polar surface area (TPSA) is 80.4 Å². The van der Waals surface area contributed by atoms with Gasteiger partial charge in [-0.1, -0.05) is 6.07 Å². The van der Waals surface area contributed by atoms with Crippen LogP contribution in [0.15, 0.2) is 53.9 Å². The first-order valence-electron chi connectivity index (χ1n) is 5.66. The highest BCUT2D eigenvalue weighted by Gasteiger charge is 2.02. The Morgan fingerprint density at radius 1 is 1.32 bits per heavy atom. The molecule has 1 aromatic heterocycles. The van der Waals surface area contributed by atoms with Gasteiger partial charge in [0.2, 0.25) is 0 Å². The molecular weight excluding hydrogens is 244 g/mol. The van der Waals surface area contributed by atoms with Crippen molar-refractivity contribution in [2.75, 3.05) is 5.43 Å². The van der Waals surface area contributed by atoms with Crippen molar-refractivity contribution < 1.29 is 4.92 Å². The summed E-state index contributed by atoms with van der Waals surface area (Å²) in [6, 6.07) is 9.91. The van der Waals surface area contributed by atoms with Gasteiger partial charge in [-0.25, -0.2) is 0 Å². The second-order valence-corrected chi connectivity index (χ2v) is 3.79. The fourth-order valence-electron chi connectivity index (χ4n) is 1.45. The third-order valence-electron chi connectivity index (χ3n) is 2.41. The van der Waals surface area contributed by atoms with Gasteiger partial charge in [-0.05, 0) is 23.8 Å². The van der Waals surface area contributed by atoms with Crippen molar-refractivity contribution >= 4 is 17.6 Å². The Kier molecular flexibility index (Phi) is 4.17. The van der Waals surface area contributed by atoms with Crippen LogP contribution in [0.3, 0.4) is 0 Å². The van der Waals surface area contributed by atoms with Crippen LogP contribution < -0.4 is 5.43 Å². The minimum absolute atomic E-state index is 0.0601. The number of pyridine rings is 1. The highest BCUT2D eigenvalue weighted by Crippen LogP contribution is 2.15. The van der Waals surface area contributed by atoms with Gasteiger partial charge in [0, 0.05) is 37.2 Å². The minimum atomic E-state index is -0.435. The molecule has 6 heteroatoms. The molecule has 1 N–H and O–H groups in total. The number of non-ortho nitro benzene ring substituents is 1. The third-order valence-corrected chi connectivity index (χ3v) is 2.41. The van der Waals surface area contributed by atoms with E-state index in [1.807, 2.05) is 12.1 Å². The second-order valence-electron chi connectivity index (χ2n) is 3.79. The molecule has 1 aromatic carbocycles. The van der Waals surface area contributed by atoms with E-state index >= 15 is 0 Å². The van der Waals surface area contributed by atoms with Crippen molar-refractivity contribution in [3.63, 3.8) is 0 Å². The molecule has 0 spiro atoms. The summed E-state index contributed by atoms with van der Waals surface area (Å²) in [5.74, 6) is 0. The van der Waals surface area contributed by atoms with Gasteiger partial charge in [0.15, 0.2) is 0 Å². The number of anilines is 1. The molecule has 0 aliphatic carbocycles. The quantitative estimate of drug-likeness (QED) is 0.506. The Labute approximate surface area is 110 Å². The molecule has 2 rings (SSSR count). The van der Waals surface area contributed by atoms with Crippen molar-refractivity contribution in [1.82, 2.24) is 4.98 Å². The molecule has 0 fully saturated rings. The summed E-state index contributed by atoms with van der Waals surface area (Å²) in [4.78, 5) is 14.0. The zero-order valence-electron chi connectivity index (χ0n) is 10.1. The summed E-state index contributed by atoms with van der Waals surface area (Å²) in [5, 5.41) is 14.5. The Bertz CT molecular complexity index is 567. The first-order chi connectivity index (χ1) is 9.25. The van der Waals surface area contributed by atoms with Crippen molar-refractivity contribution in [3.05, 3.63) is 64.5 Å². The summed E-state index contributed by atoms with van der Waals surface area (Å²) < 4.78 is 0. The Morgan fingerprint density at radius 2 is 2.11 bits per heavy atom. The van der Waals surface area contributed by atoms with Crippen LogP contribution in [-0.4, -0.2) is 16.1 Å². The smallest absolute Gasteiger partial charge is 0.269 e. The molecule has 0 atom stereocenters. The van der Waals surface area contributed by atoms with Crippen LogP contribution >= 0.6 is 0 Å². The normalized spacial score (nSPS) is 10.5. The number of benzene rings is 1. The molecule has 0 unspecified atom stereocenters. The highest BCUT2D eigenvalue weighted by atomic mass is 16.6. The van der Waals surface area contributed by atoms with E-state index in [0.717, 1.165) is 5.56 Å². The summed E-state index contributed by atoms with van der Waals surface area (Å²) in [6.07, 6.45) is 5.89. The number of nitro groups is 1. The molecular formula is C13H12N4O2. The lowest BCUT2D eigenvalue weighted by atomic mass is 10.2. The molecule has 6 nitrogen and oxygen atoms in total. The maximum Gasteiger partial charge on any atom is 0.269 e. The number of nitrogens with zero attached hydrogens (tertiary/aromatic N) is 3. The molecule has 0 bridgehead atoms. The molecule has 96 valence electrons. The lowest BCUT2D eigenvalue weighted by Crippen LogP contribution is -1.93. The fourth-order valence-corrected chi connectivity index (χ4v) is 1.45. The zero-order valence-corrected chi connectivity index (χ0v) is 10.1. The van der Waals surface area contributed by atoms with Crippen LogP contribution in [-0.2, 0) is 6.42 Å². The van der Waals surface area contributed by atoms with Crippen LogP contribution in [0.1, 0.15) is 5.56 Å². The van der Waals surface area contributed by atoms with Gasteiger partial charge in [0.25, 0.3) is 5.69 Å². The van der Waals surface area contributed by atoms with Gasteiger partial charge < -0.3 is 0 Å². The summed E-state index contributed by atoms with van der Waals surface area (Å²) >= 11 is 0. The lowest BCUT2D eigenvalue weighted by molar-refractivity contribution is -0.384. The van der Waals surface area contributed by atoms with Crippen LogP contribution in [0, 0.1) is 10.1 Å². The zero-order chi connectivity index (χ0) is 13.5. The first kappa shape index (κ1) is 12.7. The summed E-state index contributed by atoms with van der Waals surface area (Å²) in [5.41, 5.74) is 4.64. The molecule has 0 amide bonds. The van der Waals surface area contributed by atoms with Gasteiger partial charge in [0.1, 0.15) is 0 Å². The van der Waals surface area contributed by atoms with Crippen molar-refractivity contribution in [3.8, 4) is 0 Å². The highest BCUT2D eigenvalue weighted by molar-refractivity contribution is 5.63. The first-order valence-corrected chi connectivity index (χ1v) is 5.66. The monoisotopic (exact) mass is 256 g/mol. The molecule has 0 aliphatic heterocycles. The van der Waals surface area contributed by atoms with Crippen LogP contribution in [0.5, 0.6) is 0 Å². The van der Waals surface area contributed by atoms with E-state index in [1.165, 1.54) is 12.1 Å². The van der Waals surface area contributed by atoms with E-state index < -0.39 is 4.92 Å². The Morgan fingerprint density at radius 3 is 2.74 bits per heavy atom. The van der Waals surface area contributed by atoms with E-state index in [9.17, 15) is 10.1 Å². The third kappa shape index (κ3) is 3.88. The average Bonchev–Trinajstić information content (AvgIpc) is 2.45. The van der Waals surface area contributed by atoms with Gasteiger partial charge in [-0.3, -0.25) is 20.5 Å². The maximum atomic E-state index is 10.5. The van der Waals surface area contributed by atoms with E-state index in [2.05, 4.69) is 15.5 Å². The predicted molar refractivity (Wildman–Crippen MR) is 73.2 cm³/mol. The Balaban J connectivity index is 1.86. The lowest BCUT2D eigenvalue weighted by Gasteiger charge is -1.99.